The van der Waals surface area contributed by atoms with E-state index in [1.54, 1.807) is 60.2 Å². The maximum atomic E-state index is 14.6. The number of allylic oxidation sites excluding steroid dienone is 5. The molecule has 3 aliphatic heterocycles. The summed E-state index contributed by atoms with van der Waals surface area (Å²) in [6, 6.07) is -2.11. The van der Waals surface area contributed by atoms with Crippen molar-refractivity contribution in [1.82, 2.24) is 25.5 Å². The number of alkyl carbamates (subject to hydrolysis) is 1. The number of aliphatic hydroxyl groups is 3. The lowest BCUT2D eigenvalue weighted by molar-refractivity contribution is -0.265. The molecule has 0 radical (unpaired) electrons. The van der Waals surface area contributed by atoms with Crippen molar-refractivity contribution in [3.05, 3.63) is 71.4 Å². The first-order valence-corrected chi connectivity index (χ1v) is 30.0. The number of aromatic nitrogens is 2. The predicted octanol–water partition coefficient (Wildman–Crippen LogP) is 5.22. The number of esters is 1. The number of nitrogens with one attached hydrogen (secondary N) is 2. The van der Waals surface area contributed by atoms with E-state index in [9.17, 15) is 44.1 Å². The van der Waals surface area contributed by atoms with E-state index in [4.69, 9.17) is 38.9 Å². The van der Waals surface area contributed by atoms with E-state index >= 15 is 0 Å². The smallest absolute Gasteiger partial charge is 0.407 e. The molecule has 0 unspecified atom stereocenters. The van der Waals surface area contributed by atoms with Crippen LogP contribution in [0.25, 0.3) is 0 Å². The standard InChI is InChI=1S/C62H96N6O16/c1-37-16-12-11-13-17-38(2)51(78-8)32-46-21-19-42(6)62(77,84-46)58(73)59(74)68-25-15-14-18-48(68)60(75)82-52(33-49(69)39(3)29-41(5)56(72)57(80-10)55(71)40(4)28-37)47(63)30-44-20-22-50(53(31-44)79-9)83-61(76)64-24-27-81-26-23-54(70)67-36-45-34-65-43(7)66-35-45/h11-13,16-17,29,34-35,37,39-40,42,44,46-53,56-57,69,72,77H,14-15,18-28,30-33,36,63H2,1-10H3,(H,64,76)(H,67,70)/b13-11+,16-12+,38-17+,41-29+/t37-,39-,40-,42-,44+,46+,47-,48+,49-,50-,51+,52+,53-,56-,57+,62-/m1/s1. The van der Waals surface area contributed by atoms with Crippen LogP contribution in [0.15, 0.2) is 60.0 Å². The van der Waals surface area contributed by atoms with E-state index in [1.165, 1.54) is 14.2 Å². The highest BCUT2D eigenvalue weighted by Gasteiger charge is 2.53. The van der Waals surface area contributed by atoms with Crippen molar-refractivity contribution in [3.8, 4) is 0 Å². The van der Waals surface area contributed by atoms with E-state index in [1.807, 2.05) is 44.2 Å². The lowest BCUT2D eigenvalue weighted by Crippen LogP contribution is -2.61. The average molecular weight is 1180 g/mol. The Hall–Kier alpha value is -5.30. The number of nitrogens with zero attached hydrogens (tertiary/aromatic N) is 3. The molecular weight excluding hydrogens is 1080 g/mol. The number of ether oxygens (including phenoxy) is 7. The number of methoxy groups -OCH3 is 3. The largest absolute Gasteiger partial charge is 0.459 e. The lowest BCUT2D eigenvalue weighted by Gasteiger charge is -2.42. The van der Waals surface area contributed by atoms with Crippen molar-refractivity contribution in [2.75, 3.05) is 47.6 Å². The van der Waals surface area contributed by atoms with Crippen molar-refractivity contribution in [1.29, 1.82) is 0 Å². The molecule has 22 nitrogen and oxygen atoms in total. The number of ketones is 2. The van der Waals surface area contributed by atoms with Crippen molar-refractivity contribution in [3.63, 3.8) is 0 Å². The summed E-state index contributed by atoms with van der Waals surface area (Å²) in [5, 5.41) is 41.1. The first-order chi connectivity index (χ1) is 40.0. The molecule has 1 aliphatic carbocycles. The van der Waals surface area contributed by atoms with E-state index < -0.39 is 108 Å². The number of amides is 3. The molecule has 3 amide bonds. The molecule has 4 heterocycles. The van der Waals surface area contributed by atoms with Gasteiger partial charge in [-0.3, -0.25) is 19.2 Å². The van der Waals surface area contributed by atoms with Gasteiger partial charge < -0.3 is 69.7 Å². The van der Waals surface area contributed by atoms with E-state index in [0.717, 1.165) is 16.0 Å². The highest BCUT2D eigenvalue weighted by Crippen LogP contribution is 2.38. The monoisotopic (exact) mass is 1180 g/mol. The molecule has 2 saturated heterocycles. The summed E-state index contributed by atoms with van der Waals surface area (Å²) in [7, 11) is 4.45. The van der Waals surface area contributed by atoms with Crippen LogP contribution in [0.2, 0.25) is 0 Å². The Kier molecular flexibility index (Phi) is 28.2. The lowest BCUT2D eigenvalue weighted by atomic mass is 9.80. The highest BCUT2D eigenvalue weighted by molar-refractivity contribution is 6.39. The van der Waals surface area contributed by atoms with Gasteiger partial charge in [-0.05, 0) is 108 Å². The third-order valence-corrected chi connectivity index (χ3v) is 17.0. The molecule has 7 N–H and O–H groups in total. The number of cyclic esters (lactones) is 1. The van der Waals surface area contributed by atoms with Gasteiger partial charge in [-0.1, -0.05) is 64.2 Å². The second-order valence-electron chi connectivity index (χ2n) is 23.6. The molecule has 4 aliphatic rings. The van der Waals surface area contributed by atoms with E-state index in [0.29, 0.717) is 69.3 Å². The van der Waals surface area contributed by atoms with Crippen LogP contribution in [-0.4, -0.2) is 180 Å². The molecule has 1 aromatic heterocycles. The number of nitrogens with two attached hydrogens (primary N) is 1. The molecule has 3 fully saturated rings. The minimum absolute atomic E-state index is 0.00890. The van der Waals surface area contributed by atoms with Crippen molar-refractivity contribution >= 4 is 35.4 Å². The quantitative estimate of drug-likeness (QED) is 0.0568. The summed E-state index contributed by atoms with van der Waals surface area (Å²) in [5.41, 5.74) is 9.05. The zero-order valence-corrected chi connectivity index (χ0v) is 51.1. The zero-order valence-electron chi connectivity index (χ0n) is 51.1. The molecule has 22 heteroatoms. The van der Waals surface area contributed by atoms with Crippen molar-refractivity contribution < 1.29 is 77.2 Å². The Labute approximate surface area is 496 Å². The minimum Gasteiger partial charge on any atom is -0.459 e. The van der Waals surface area contributed by atoms with E-state index in [2.05, 4.69) is 20.6 Å². The second kappa shape index (κ2) is 34.1. The van der Waals surface area contributed by atoms with Gasteiger partial charge in [-0.25, -0.2) is 19.6 Å². The predicted molar refractivity (Wildman–Crippen MR) is 311 cm³/mol. The van der Waals surface area contributed by atoms with Gasteiger partial charge in [0.2, 0.25) is 11.7 Å². The maximum absolute atomic E-state index is 14.6. The summed E-state index contributed by atoms with van der Waals surface area (Å²) in [6.45, 7) is 13.3. The Balaban J connectivity index is 1.31. The van der Waals surface area contributed by atoms with Gasteiger partial charge in [-0.15, -0.1) is 0 Å². The van der Waals surface area contributed by atoms with Crippen LogP contribution in [0.5, 0.6) is 0 Å². The van der Waals surface area contributed by atoms with Gasteiger partial charge in [0.1, 0.15) is 36.3 Å². The average Bonchev–Trinajstić information content (AvgIpc) is 2.31. The molecular formula is C62H96N6O16. The maximum Gasteiger partial charge on any atom is 0.407 e. The van der Waals surface area contributed by atoms with E-state index in [-0.39, 0.29) is 81.9 Å². The van der Waals surface area contributed by atoms with Crippen LogP contribution in [0.4, 0.5) is 4.79 Å². The SMILES string of the molecule is CO[C@H]1C[C@@H]2CC[C@@H](C)[C@@](O)(O2)C(=O)C(=O)N2CCCC[C@H]2C(=O)O[C@H]([C@H](N)C[C@@H]2CC[C@@H](OC(=O)NCCOCCC(=O)NCc3cnc(C)nc3)[C@H](OC)C2)C[C@@H](O)[C@H](C)/C=C(\C)[C@@H](O)[C@@H](OC)C(=O)[C@H](C)C[C@H](C)/C=C/C=C/C=C/1C. The number of hydrogen-bond acceptors (Lipinski definition) is 19. The summed E-state index contributed by atoms with van der Waals surface area (Å²) in [5.74, 6) is -7.42. The van der Waals surface area contributed by atoms with Gasteiger partial charge in [0.05, 0.1) is 37.6 Å². The summed E-state index contributed by atoms with van der Waals surface area (Å²) < 4.78 is 41.1. The third kappa shape index (κ3) is 20.4. The number of hydrogen-bond donors (Lipinski definition) is 6. The van der Waals surface area contributed by atoms with Crippen molar-refractivity contribution in [2.24, 2.45) is 35.3 Å². The fourth-order valence-electron chi connectivity index (χ4n) is 11.6. The zero-order chi connectivity index (χ0) is 61.7. The second-order valence-corrected chi connectivity index (χ2v) is 23.6. The van der Waals surface area contributed by atoms with Gasteiger partial charge in [0.15, 0.2) is 5.78 Å². The number of rotatable bonds is 15. The first-order valence-electron chi connectivity index (χ1n) is 30.0. The minimum atomic E-state index is -2.48. The van der Waals surface area contributed by atoms with Crippen LogP contribution in [-0.2, 0) is 63.7 Å². The fourth-order valence-corrected chi connectivity index (χ4v) is 11.6. The molecule has 0 spiro atoms. The topological polar surface area (TPSA) is 307 Å². The Morgan fingerprint density at radius 1 is 0.845 bits per heavy atom. The Bertz CT molecular complexity index is 2440. The highest BCUT2D eigenvalue weighted by atomic mass is 16.6. The number of piperidine rings is 1. The molecule has 1 aromatic rings. The van der Waals surface area contributed by atoms with Crippen molar-refractivity contribution in [2.45, 2.75) is 205 Å². The fraction of sp³-hybridized carbons (Fsp3) is 0.710. The Morgan fingerprint density at radius 3 is 2.29 bits per heavy atom. The molecule has 1 saturated carbocycles. The number of aliphatic hydroxyl groups excluding tert-OH is 2. The molecule has 2 bridgehead atoms. The van der Waals surface area contributed by atoms with Gasteiger partial charge in [-0.2, -0.15) is 0 Å². The molecule has 5 rings (SSSR count). The Morgan fingerprint density at radius 2 is 1.58 bits per heavy atom. The molecule has 16 atom stereocenters. The number of aryl methyl sites for hydroxylation is 1. The molecule has 0 aromatic carbocycles. The summed E-state index contributed by atoms with van der Waals surface area (Å²) in [4.78, 5) is 91.8. The van der Waals surface area contributed by atoms with Crippen LogP contribution < -0.4 is 16.4 Å². The van der Waals surface area contributed by atoms with Crippen LogP contribution in [0, 0.1) is 36.5 Å². The molecule has 84 heavy (non-hydrogen) atoms. The summed E-state index contributed by atoms with van der Waals surface area (Å²) in [6.07, 6.45) is 11.2. The number of fused-ring (bicyclic) bond motifs is 3. The van der Waals surface area contributed by atoms with Gasteiger partial charge in [0, 0.05) is 102 Å². The third-order valence-electron chi connectivity index (χ3n) is 17.0. The number of Topliss-reactive ketones (excluding diaryl/α,β-unsaturated/α-hetero) is 2. The number of carbonyl (C=O) groups is 6. The van der Waals surface area contributed by atoms with Crippen LogP contribution in [0.3, 0.4) is 0 Å². The summed E-state index contributed by atoms with van der Waals surface area (Å²) >= 11 is 0. The molecule has 470 valence electrons. The van der Waals surface area contributed by atoms with Crippen LogP contribution >= 0.6 is 0 Å². The normalized spacial score (nSPS) is 34.6. The van der Waals surface area contributed by atoms with Crippen LogP contribution in [0.1, 0.15) is 136 Å². The van der Waals surface area contributed by atoms with Gasteiger partial charge >= 0.3 is 12.1 Å². The number of carbonyl (C=O) groups excluding carboxylic acids is 6. The first kappa shape index (κ1) is 69.5. The van der Waals surface area contributed by atoms with Gasteiger partial charge in [0.25, 0.3) is 11.7 Å².